The van der Waals surface area contributed by atoms with Crippen molar-refractivity contribution in [2.24, 2.45) is 29.6 Å². The molecule has 0 amide bonds. The molecule has 3 fully saturated rings. The topological polar surface area (TPSA) is 29.5 Å². The summed E-state index contributed by atoms with van der Waals surface area (Å²) in [6.45, 7) is 4.07. The summed E-state index contributed by atoms with van der Waals surface area (Å²) < 4.78 is 5.74. The number of hydrogen-bond donors (Lipinski definition) is 1. The quantitative estimate of drug-likeness (QED) is 0.903. The van der Waals surface area contributed by atoms with E-state index in [1.54, 1.807) is 0 Å². The van der Waals surface area contributed by atoms with Gasteiger partial charge in [0.15, 0.2) is 0 Å². The second-order valence-corrected chi connectivity index (χ2v) is 7.25. The van der Waals surface area contributed by atoms with Crippen LogP contribution in [0.4, 0.5) is 0 Å². The maximum absolute atomic E-state index is 10.7. The number of rotatable bonds is 4. The summed E-state index contributed by atoms with van der Waals surface area (Å²) in [6, 6.07) is 8.06. The first-order valence-electron chi connectivity index (χ1n) is 8.10. The lowest BCUT2D eigenvalue weighted by molar-refractivity contribution is 0.129. The lowest BCUT2D eigenvalue weighted by Gasteiger charge is -2.17. The zero-order valence-electron chi connectivity index (χ0n) is 12.3. The lowest BCUT2D eigenvalue weighted by atomic mass is 9.95. The van der Waals surface area contributed by atoms with Crippen LogP contribution < -0.4 is 4.74 Å². The summed E-state index contributed by atoms with van der Waals surface area (Å²) in [7, 11) is 0. The van der Waals surface area contributed by atoms with E-state index in [1.807, 2.05) is 38.1 Å². The Morgan fingerprint density at radius 3 is 2.50 bits per heavy atom. The zero-order valence-corrected chi connectivity index (χ0v) is 12.3. The molecule has 2 heteroatoms. The van der Waals surface area contributed by atoms with Crippen molar-refractivity contribution < 1.29 is 9.84 Å². The average Bonchev–Trinajstić information content (AvgIpc) is 2.85. The van der Waals surface area contributed by atoms with Gasteiger partial charge in [-0.1, -0.05) is 12.1 Å². The number of benzene rings is 1. The molecule has 0 heterocycles. The molecule has 1 aromatic carbocycles. The van der Waals surface area contributed by atoms with Gasteiger partial charge in [0.05, 0.1) is 12.2 Å². The Balaban J connectivity index is 1.51. The summed E-state index contributed by atoms with van der Waals surface area (Å²) >= 11 is 0. The van der Waals surface area contributed by atoms with Crippen LogP contribution in [0, 0.1) is 29.6 Å². The maximum Gasteiger partial charge on any atom is 0.120 e. The van der Waals surface area contributed by atoms with E-state index in [0.717, 1.165) is 35.0 Å². The first kappa shape index (κ1) is 12.7. The monoisotopic (exact) mass is 272 g/mol. The van der Waals surface area contributed by atoms with Gasteiger partial charge in [0.2, 0.25) is 0 Å². The first-order chi connectivity index (χ1) is 9.65. The number of aliphatic hydroxyl groups is 1. The second-order valence-electron chi connectivity index (χ2n) is 7.25. The molecule has 2 bridgehead atoms. The molecule has 1 N–H and O–H groups in total. The molecule has 20 heavy (non-hydrogen) atoms. The van der Waals surface area contributed by atoms with Gasteiger partial charge in [-0.25, -0.2) is 0 Å². The minimum absolute atomic E-state index is 0.179. The molecule has 1 aromatic rings. The van der Waals surface area contributed by atoms with E-state index in [0.29, 0.717) is 5.92 Å². The molecule has 0 aliphatic heterocycles. The van der Waals surface area contributed by atoms with Crippen molar-refractivity contribution >= 4 is 0 Å². The van der Waals surface area contributed by atoms with E-state index < -0.39 is 0 Å². The van der Waals surface area contributed by atoms with Crippen LogP contribution in [0.2, 0.25) is 0 Å². The first-order valence-corrected chi connectivity index (χ1v) is 8.10. The van der Waals surface area contributed by atoms with Crippen molar-refractivity contribution in [1.82, 2.24) is 0 Å². The van der Waals surface area contributed by atoms with Gasteiger partial charge in [-0.05, 0) is 80.4 Å². The Labute approximate surface area is 121 Å². The van der Waals surface area contributed by atoms with Crippen LogP contribution in [0.1, 0.15) is 44.8 Å². The molecule has 4 rings (SSSR count). The van der Waals surface area contributed by atoms with E-state index in [4.69, 9.17) is 4.74 Å². The predicted molar refractivity (Wildman–Crippen MR) is 78.5 cm³/mol. The minimum Gasteiger partial charge on any atom is -0.491 e. The van der Waals surface area contributed by atoms with Crippen LogP contribution in [-0.2, 0) is 0 Å². The van der Waals surface area contributed by atoms with Crippen LogP contribution in [0.5, 0.6) is 5.75 Å². The van der Waals surface area contributed by atoms with Gasteiger partial charge in [-0.15, -0.1) is 0 Å². The number of ether oxygens (including phenoxy) is 1. The van der Waals surface area contributed by atoms with Gasteiger partial charge in [0.25, 0.3) is 0 Å². The molecule has 0 aromatic heterocycles. The number of aliphatic hydroxyl groups excluding tert-OH is 1. The highest BCUT2D eigenvalue weighted by Gasteiger charge is 2.66. The smallest absolute Gasteiger partial charge is 0.120 e. The molecular formula is C18H24O2. The highest BCUT2D eigenvalue weighted by Crippen LogP contribution is 2.72. The third-order valence-electron chi connectivity index (χ3n) is 5.73. The Bertz CT molecular complexity index is 494. The molecule has 0 radical (unpaired) electrons. The van der Waals surface area contributed by atoms with E-state index in [-0.39, 0.29) is 12.2 Å². The van der Waals surface area contributed by atoms with Gasteiger partial charge >= 0.3 is 0 Å². The van der Waals surface area contributed by atoms with Crippen LogP contribution in [0.15, 0.2) is 24.3 Å². The molecule has 5 unspecified atom stereocenters. The van der Waals surface area contributed by atoms with Crippen LogP contribution in [-0.4, -0.2) is 11.2 Å². The highest BCUT2D eigenvalue weighted by atomic mass is 16.5. The molecule has 3 aliphatic rings. The molecule has 0 saturated heterocycles. The normalized spacial score (nSPS) is 38.9. The average molecular weight is 272 g/mol. The largest absolute Gasteiger partial charge is 0.491 e. The van der Waals surface area contributed by atoms with Crippen molar-refractivity contribution in [3.05, 3.63) is 29.8 Å². The van der Waals surface area contributed by atoms with Gasteiger partial charge in [0, 0.05) is 0 Å². The highest BCUT2D eigenvalue weighted by molar-refractivity contribution is 5.32. The summed E-state index contributed by atoms with van der Waals surface area (Å²) in [5.74, 6) is 4.87. The van der Waals surface area contributed by atoms with Crippen molar-refractivity contribution in [2.45, 2.75) is 45.3 Å². The molecular weight excluding hydrogens is 248 g/mol. The Morgan fingerprint density at radius 1 is 1.15 bits per heavy atom. The van der Waals surface area contributed by atoms with Gasteiger partial charge in [0.1, 0.15) is 5.75 Å². The van der Waals surface area contributed by atoms with Crippen molar-refractivity contribution in [3.63, 3.8) is 0 Å². The molecule has 3 saturated carbocycles. The van der Waals surface area contributed by atoms with Gasteiger partial charge < -0.3 is 9.84 Å². The SMILES string of the molecule is CC(C)Oc1cccc(C(O)C2C3C4CCC(C4)C32)c1. The van der Waals surface area contributed by atoms with E-state index >= 15 is 0 Å². The third-order valence-corrected chi connectivity index (χ3v) is 5.73. The summed E-state index contributed by atoms with van der Waals surface area (Å²) in [4.78, 5) is 0. The predicted octanol–water partition coefficient (Wildman–Crippen LogP) is 3.80. The van der Waals surface area contributed by atoms with Crippen LogP contribution in [0.3, 0.4) is 0 Å². The molecule has 3 aliphatic carbocycles. The summed E-state index contributed by atoms with van der Waals surface area (Å²) in [5.41, 5.74) is 1.04. The fraction of sp³-hybridized carbons (Fsp3) is 0.667. The maximum atomic E-state index is 10.7. The van der Waals surface area contributed by atoms with Crippen LogP contribution >= 0.6 is 0 Å². The minimum atomic E-state index is -0.288. The Hall–Kier alpha value is -1.02. The fourth-order valence-corrected chi connectivity index (χ4v) is 5.08. The number of fused-ring (bicyclic) bond motifs is 5. The van der Waals surface area contributed by atoms with Gasteiger partial charge in [-0.3, -0.25) is 0 Å². The summed E-state index contributed by atoms with van der Waals surface area (Å²) in [6.07, 6.45) is 4.15. The molecule has 0 spiro atoms. The third kappa shape index (κ3) is 1.88. The van der Waals surface area contributed by atoms with E-state index in [9.17, 15) is 5.11 Å². The molecule has 5 atom stereocenters. The summed E-state index contributed by atoms with van der Waals surface area (Å²) in [5, 5.41) is 10.7. The van der Waals surface area contributed by atoms with E-state index in [2.05, 4.69) is 0 Å². The Morgan fingerprint density at radius 2 is 1.85 bits per heavy atom. The van der Waals surface area contributed by atoms with Crippen molar-refractivity contribution in [2.75, 3.05) is 0 Å². The molecule has 108 valence electrons. The fourth-order valence-electron chi connectivity index (χ4n) is 5.08. The number of hydrogen-bond acceptors (Lipinski definition) is 2. The van der Waals surface area contributed by atoms with E-state index in [1.165, 1.54) is 19.3 Å². The standard InChI is InChI=1S/C18H24O2/c1-10(2)20-14-5-3-4-13(9-14)18(19)17-15-11-6-7-12(8-11)16(15)17/h3-5,9-12,15-19H,6-8H2,1-2H3. The van der Waals surface area contributed by atoms with Crippen molar-refractivity contribution in [3.8, 4) is 5.75 Å². The second kappa shape index (κ2) is 4.49. The Kier molecular flexibility index (Phi) is 2.85. The zero-order chi connectivity index (χ0) is 13.9. The van der Waals surface area contributed by atoms with Crippen molar-refractivity contribution in [1.29, 1.82) is 0 Å². The molecule has 2 nitrogen and oxygen atoms in total. The van der Waals surface area contributed by atoms with Gasteiger partial charge in [-0.2, -0.15) is 0 Å². The lowest BCUT2D eigenvalue weighted by Crippen LogP contribution is -2.09. The van der Waals surface area contributed by atoms with Crippen LogP contribution in [0.25, 0.3) is 0 Å².